The van der Waals surface area contributed by atoms with Crippen LogP contribution in [0.3, 0.4) is 0 Å². The predicted molar refractivity (Wildman–Crippen MR) is 36.5 cm³/mol. The summed E-state index contributed by atoms with van der Waals surface area (Å²) >= 11 is 0. The van der Waals surface area contributed by atoms with Crippen molar-refractivity contribution in [3.8, 4) is 0 Å². The Labute approximate surface area is 63.5 Å². The van der Waals surface area contributed by atoms with Crippen molar-refractivity contribution >= 4 is 17.5 Å². The first-order valence-corrected chi connectivity index (χ1v) is 2.97. The van der Waals surface area contributed by atoms with Crippen LogP contribution in [0.5, 0.6) is 0 Å². The average Bonchev–Trinajstić information content (AvgIpc) is 1.98. The first kappa shape index (κ1) is 9.77. The van der Waals surface area contributed by atoms with Gasteiger partial charge in [-0.05, 0) is 0 Å². The summed E-state index contributed by atoms with van der Waals surface area (Å²) in [6.45, 7) is 0.605. The number of esters is 1. The zero-order valence-corrected chi connectivity index (χ0v) is 6.09. The molecule has 0 aromatic rings. The Morgan fingerprint density at radius 3 is 2.45 bits per heavy atom. The Morgan fingerprint density at radius 1 is 1.55 bits per heavy atom. The lowest BCUT2D eigenvalue weighted by Gasteiger charge is -1.99. The molecule has 0 spiro atoms. The number of aliphatic hydroxyl groups excluding tert-OH is 1. The van der Waals surface area contributed by atoms with Gasteiger partial charge in [-0.15, -0.1) is 0 Å². The molecule has 5 heteroatoms. The molecule has 5 nitrogen and oxygen atoms in total. The molecule has 2 N–H and O–H groups in total. The van der Waals surface area contributed by atoms with Crippen molar-refractivity contribution in [1.82, 2.24) is 0 Å². The van der Waals surface area contributed by atoms with Gasteiger partial charge in [-0.3, -0.25) is 10.2 Å². The van der Waals surface area contributed by atoms with Crippen LogP contribution in [0.25, 0.3) is 0 Å². The molecule has 0 radical (unpaired) electrons. The first-order valence-electron chi connectivity index (χ1n) is 2.97. The summed E-state index contributed by atoms with van der Waals surface area (Å²) in [5.74, 6) is -1.64. The van der Waals surface area contributed by atoms with Crippen molar-refractivity contribution in [3.05, 3.63) is 0 Å². The number of carbonyl (C=O) groups excluding carboxylic acids is 2. The van der Waals surface area contributed by atoms with E-state index in [1.807, 2.05) is 0 Å². The maximum absolute atomic E-state index is 10.6. The SMILES string of the molecule is CC(=O)C(=N)C(=O)OCCO. The molecule has 0 aliphatic carbocycles. The summed E-state index contributed by atoms with van der Waals surface area (Å²) in [5.41, 5.74) is -0.696. The number of aliphatic hydroxyl groups is 1. The van der Waals surface area contributed by atoms with Crippen LogP contribution in [-0.2, 0) is 14.3 Å². The number of ether oxygens (including phenoxy) is 1. The molecule has 0 rings (SSSR count). The van der Waals surface area contributed by atoms with Gasteiger partial charge < -0.3 is 9.84 Å². The van der Waals surface area contributed by atoms with Crippen molar-refractivity contribution in [3.63, 3.8) is 0 Å². The zero-order valence-electron chi connectivity index (χ0n) is 6.09. The van der Waals surface area contributed by atoms with Gasteiger partial charge in [0, 0.05) is 6.92 Å². The Morgan fingerprint density at radius 2 is 2.09 bits per heavy atom. The molecule has 0 aromatic carbocycles. The summed E-state index contributed by atoms with van der Waals surface area (Å²) in [7, 11) is 0. The van der Waals surface area contributed by atoms with Gasteiger partial charge in [-0.1, -0.05) is 0 Å². The fourth-order valence-corrected chi connectivity index (χ4v) is 0.354. The lowest BCUT2D eigenvalue weighted by Crippen LogP contribution is -2.24. The third kappa shape index (κ3) is 3.47. The Hall–Kier alpha value is -1.23. The molecule has 0 saturated heterocycles. The molecule has 0 heterocycles. The van der Waals surface area contributed by atoms with E-state index in [-0.39, 0.29) is 13.2 Å². The topological polar surface area (TPSA) is 87.5 Å². The fraction of sp³-hybridized carbons (Fsp3) is 0.500. The second-order valence-electron chi connectivity index (χ2n) is 1.79. The van der Waals surface area contributed by atoms with Gasteiger partial charge in [0.1, 0.15) is 6.61 Å². The smallest absolute Gasteiger partial charge is 0.360 e. The summed E-state index contributed by atoms with van der Waals surface area (Å²) < 4.78 is 4.28. The van der Waals surface area contributed by atoms with Crippen LogP contribution in [0, 0.1) is 5.41 Å². The highest BCUT2D eigenvalue weighted by Crippen LogP contribution is 1.83. The first-order chi connectivity index (χ1) is 5.09. The average molecular weight is 159 g/mol. The van der Waals surface area contributed by atoms with E-state index in [0.717, 1.165) is 6.92 Å². The van der Waals surface area contributed by atoms with Crippen LogP contribution in [-0.4, -0.2) is 35.8 Å². The van der Waals surface area contributed by atoms with E-state index < -0.39 is 17.5 Å². The van der Waals surface area contributed by atoms with Gasteiger partial charge in [0.15, 0.2) is 11.5 Å². The standard InChI is InChI=1S/C6H9NO4/c1-4(9)5(7)6(10)11-3-2-8/h7-8H,2-3H2,1H3. The van der Waals surface area contributed by atoms with Gasteiger partial charge >= 0.3 is 5.97 Å². The predicted octanol–water partition coefficient (Wildman–Crippen LogP) is -0.869. The summed E-state index contributed by atoms with van der Waals surface area (Å²) in [6, 6.07) is 0. The van der Waals surface area contributed by atoms with Crippen molar-refractivity contribution in [2.75, 3.05) is 13.2 Å². The van der Waals surface area contributed by atoms with Crippen LogP contribution in [0.2, 0.25) is 0 Å². The molecular formula is C6H9NO4. The van der Waals surface area contributed by atoms with E-state index in [1.165, 1.54) is 0 Å². The normalized spacial score (nSPS) is 8.91. The minimum absolute atomic E-state index is 0.186. The number of hydrogen-bond donors (Lipinski definition) is 2. The van der Waals surface area contributed by atoms with E-state index in [4.69, 9.17) is 10.5 Å². The summed E-state index contributed by atoms with van der Waals surface area (Å²) in [6.07, 6.45) is 0. The van der Waals surface area contributed by atoms with Gasteiger partial charge in [0.05, 0.1) is 6.61 Å². The molecule has 0 bridgehead atoms. The molecule has 0 atom stereocenters. The highest BCUT2D eigenvalue weighted by Gasteiger charge is 2.14. The van der Waals surface area contributed by atoms with Crippen molar-refractivity contribution < 1.29 is 19.4 Å². The number of carbonyl (C=O) groups is 2. The van der Waals surface area contributed by atoms with Crippen molar-refractivity contribution in [2.45, 2.75) is 6.92 Å². The number of rotatable bonds is 4. The molecular weight excluding hydrogens is 150 g/mol. The van der Waals surface area contributed by atoms with E-state index in [0.29, 0.717) is 0 Å². The fourth-order valence-electron chi connectivity index (χ4n) is 0.354. The lowest BCUT2D eigenvalue weighted by atomic mass is 10.3. The molecule has 0 saturated carbocycles. The van der Waals surface area contributed by atoms with Crippen molar-refractivity contribution in [2.24, 2.45) is 0 Å². The van der Waals surface area contributed by atoms with Crippen LogP contribution in [0.15, 0.2) is 0 Å². The number of Topliss-reactive ketones (excluding diaryl/α,β-unsaturated/α-hetero) is 1. The van der Waals surface area contributed by atoms with Crippen LogP contribution >= 0.6 is 0 Å². The quantitative estimate of drug-likeness (QED) is 0.317. The number of ketones is 1. The van der Waals surface area contributed by atoms with Gasteiger partial charge in [-0.2, -0.15) is 0 Å². The molecule has 0 aromatic heterocycles. The molecule has 0 aliphatic heterocycles. The third-order valence-corrected chi connectivity index (χ3v) is 0.881. The number of nitrogens with one attached hydrogen (secondary N) is 1. The van der Waals surface area contributed by atoms with Gasteiger partial charge in [0.25, 0.3) is 0 Å². The van der Waals surface area contributed by atoms with Gasteiger partial charge in [-0.25, -0.2) is 4.79 Å². The van der Waals surface area contributed by atoms with Crippen molar-refractivity contribution in [1.29, 1.82) is 5.41 Å². The van der Waals surface area contributed by atoms with E-state index in [2.05, 4.69) is 4.74 Å². The van der Waals surface area contributed by atoms with E-state index in [9.17, 15) is 9.59 Å². The molecule has 0 aliphatic rings. The number of hydrogen-bond acceptors (Lipinski definition) is 5. The van der Waals surface area contributed by atoms with Crippen LogP contribution < -0.4 is 0 Å². The maximum Gasteiger partial charge on any atom is 0.360 e. The second kappa shape index (κ2) is 4.56. The minimum atomic E-state index is -0.994. The van der Waals surface area contributed by atoms with Crippen LogP contribution in [0.1, 0.15) is 6.92 Å². The molecule has 0 amide bonds. The summed E-state index contributed by atoms with van der Waals surface area (Å²) in [5, 5.41) is 15.0. The van der Waals surface area contributed by atoms with Gasteiger partial charge in [0.2, 0.25) is 0 Å². The lowest BCUT2D eigenvalue weighted by molar-refractivity contribution is -0.137. The monoisotopic (exact) mass is 159 g/mol. The Kier molecular flexibility index (Phi) is 4.05. The van der Waals surface area contributed by atoms with E-state index in [1.54, 1.807) is 0 Å². The zero-order chi connectivity index (χ0) is 8.85. The highest BCUT2D eigenvalue weighted by molar-refractivity contribution is 6.62. The third-order valence-electron chi connectivity index (χ3n) is 0.881. The second-order valence-corrected chi connectivity index (χ2v) is 1.79. The summed E-state index contributed by atoms with van der Waals surface area (Å²) in [4.78, 5) is 20.9. The van der Waals surface area contributed by atoms with Crippen LogP contribution in [0.4, 0.5) is 0 Å². The minimum Gasteiger partial charge on any atom is -0.458 e. The maximum atomic E-state index is 10.6. The van der Waals surface area contributed by atoms with E-state index >= 15 is 0 Å². The Bertz CT molecular complexity index is 187. The molecule has 11 heavy (non-hydrogen) atoms. The molecule has 62 valence electrons. The Balaban J connectivity index is 3.84. The molecule has 0 fully saturated rings. The highest BCUT2D eigenvalue weighted by atomic mass is 16.5. The largest absolute Gasteiger partial charge is 0.458 e. The molecule has 0 unspecified atom stereocenters.